The lowest BCUT2D eigenvalue weighted by Gasteiger charge is -2.23. The number of hydrogen-bond acceptors (Lipinski definition) is 5. The van der Waals surface area contributed by atoms with Gasteiger partial charge in [-0.1, -0.05) is 16.8 Å². The zero-order chi connectivity index (χ0) is 16.6. The van der Waals surface area contributed by atoms with Crippen LogP contribution in [0, 0.1) is 11.3 Å². The van der Waals surface area contributed by atoms with Crippen molar-refractivity contribution in [3.05, 3.63) is 40.7 Å². The van der Waals surface area contributed by atoms with Gasteiger partial charge in [0.25, 0.3) is 0 Å². The Morgan fingerprint density at radius 3 is 2.87 bits per heavy atom. The van der Waals surface area contributed by atoms with E-state index in [1.165, 1.54) is 0 Å². The number of anilines is 1. The third-order valence-corrected chi connectivity index (χ3v) is 4.42. The maximum Gasteiger partial charge on any atom is 0.129 e. The van der Waals surface area contributed by atoms with Crippen molar-refractivity contribution in [3.8, 4) is 6.07 Å². The van der Waals surface area contributed by atoms with Gasteiger partial charge < -0.3 is 10.0 Å². The topological polar surface area (TPSA) is 78.0 Å². The van der Waals surface area contributed by atoms with E-state index in [4.69, 9.17) is 11.6 Å². The van der Waals surface area contributed by atoms with Gasteiger partial charge >= 0.3 is 0 Å². The van der Waals surface area contributed by atoms with Crippen molar-refractivity contribution in [2.24, 2.45) is 0 Å². The van der Waals surface area contributed by atoms with Gasteiger partial charge in [-0.25, -0.2) is 4.68 Å². The minimum Gasteiger partial charge on any atom is -0.381 e. The van der Waals surface area contributed by atoms with Gasteiger partial charge in [-0.3, -0.25) is 0 Å². The fourth-order valence-corrected chi connectivity index (χ4v) is 3.00. The average Bonchev–Trinajstić information content (AvgIpc) is 3.15. The van der Waals surface area contributed by atoms with Crippen molar-refractivity contribution in [1.82, 2.24) is 15.0 Å². The Kier molecular flexibility index (Phi) is 4.00. The van der Waals surface area contributed by atoms with E-state index in [1.54, 1.807) is 23.0 Å². The molecule has 0 unspecified atom stereocenters. The smallest absolute Gasteiger partial charge is 0.129 e. The number of rotatable bonds is 3. The van der Waals surface area contributed by atoms with Crippen LogP contribution in [0.2, 0.25) is 5.02 Å². The summed E-state index contributed by atoms with van der Waals surface area (Å²) in [6.07, 6.45) is 2.33. The number of nitriles is 1. The average molecular weight is 332 g/mol. The number of hydrogen-bond donors (Lipinski definition) is 1. The van der Waals surface area contributed by atoms with E-state index >= 15 is 0 Å². The molecule has 6 nitrogen and oxygen atoms in total. The number of benzene rings is 1. The summed E-state index contributed by atoms with van der Waals surface area (Å²) in [6.45, 7) is 5.04. The Balaban J connectivity index is 1.86. The van der Waals surface area contributed by atoms with E-state index in [1.807, 2.05) is 24.8 Å². The van der Waals surface area contributed by atoms with Crippen LogP contribution in [0.3, 0.4) is 0 Å². The molecule has 1 saturated heterocycles. The Labute approximate surface area is 139 Å². The highest BCUT2D eigenvalue weighted by Gasteiger charge is 2.40. The highest BCUT2D eigenvalue weighted by atomic mass is 35.5. The molecule has 1 atom stereocenters. The zero-order valence-electron chi connectivity index (χ0n) is 13.1. The van der Waals surface area contributed by atoms with Crippen LogP contribution in [-0.4, -0.2) is 33.2 Å². The second kappa shape index (κ2) is 5.84. The van der Waals surface area contributed by atoms with Crippen LogP contribution in [0.5, 0.6) is 0 Å². The molecule has 0 amide bonds. The minimum absolute atomic E-state index is 0.193. The predicted octanol–water partition coefficient (Wildman–Crippen LogP) is 2.48. The van der Waals surface area contributed by atoms with Gasteiger partial charge in [0, 0.05) is 24.0 Å². The molecule has 1 N–H and O–H groups in total. The molecule has 3 rings (SSSR count). The second-order valence-corrected chi connectivity index (χ2v) is 6.59. The van der Waals surface area contributed by atoms with Crippen molar-refractivity contribution in [3.63, 3.8) is 0 Å². The Morgan fingerprint density at radius 2 is 2.22 bits per heavy atom. The van der Waals surface area contributed by atoms with Crippen molar-refractivity contribution in [2.45, 2.75) is 31.9 Å². The summed E-state index contributed by atoms with van der Waals surface area (Å²) in [5.74, 6) is 0. The van der Waals surface area contributed by atoms with Gasteiger partial charge in [0.05, 0.1) is 24.0 Å². The SMILES string of the molecule is CC(C)n1cc([C@]2(O)CCN(c3ccc(Cl)cc3C#N)C2)nn1. The van der Waals surface area contributed by atoms with Gasteiger partial charge in [-0.05, 0) is 32.0 Å². The molecule has 0 spiro atoms. The first-order valence-corrected chi connectivity index (χ1v) is 7.90. The fraction of sp³-hybridized carbons (Fsp3) is 0.438. The van der Waals surface area contributed by atoms with Crippen LogP contribution >= 0.6 is 11.6 Å². The second-order valence-electron chi connectivity index (χ2n) is 6.15. The lowest BCUT2D eigenvalue weighted by Crippen LogP contribution is -2.31. The molecular weight excluding hydrogens is 314 g/mol. The van der Waals surface area contributed by atoms with Crippen LogP contribution in [0.1, 0.15) is 37.6 Å². The number of nitrogens with zero attached hydrogens (tertiary/aromatic N) is 5. The minimum atomic E-state index is -1.06. The molecule has 120 valence electrons. The molecule has 1 aliphatic rings. The first kappa shape index (κ1) is 15.8. The Bertz CT molecular complexity index is 766. The molecule has 23 heavy (non-hydrogen) atoms. The summed E-state index contributed by atoms with van der Waals surface area (Å²) >= 11 is 5.95. The molecule has 0 bridgehead atoms. The van der Waals surface area contributed by atoms with Crippen LogP contribution in [-0.2, 0) is 5.60 Å². The summed E-state index contributed by atoms with van der Waals surface area (Å²) in [7, 11) is 0. The summed E-state index contributed by atoms with van der Waals surface area (Å²) in [6, 6.07) is 7.57. The van der Waals surface area contributed by atoms with E-state index in [0.29, 0.717) is 35.8 Å². The number of aliphatic hydroxyl groups is 1. The maximum absolute atomic E-state index is 10.9. The molecule has 0 saturated carbocycles. The molecule has 2 aromatic rings. The lowest BCUT2D eigenvalue weighted by atomic mass is 10.00. The third-order valence-electron chi connectivity index (χ3n) is 4.18. The van der Waals surface area contributed by atoms with E-state index in [-0.39, 0.29) is 6.04 Å². The standard InChI is InChI=1S/C16H18ClN5O/c1-11(2)22-9-15(19-20-22)16(23)5-6-21(10-16)14-4-3-13(17)7-12(14)8-18/h3-4,7,9,11,23H,5-6,10H2,1-2H3/t16-/m0/s1. The Morgan fingerprint density at radius 1 is 1.43 bits per heavy atom. The molecular formula is C16H18ClN5O. The van der Waals surface area contributed by atoms with Crippen molar-refractivity contribution >= 4 is 17.3 Å². The van der Waals surface area contributed by atoms with E-state index in [9.17, 15) is 10.4 Å². The molecule has 1 aliphatic heterocycles. The van der Waals surface area contributed by atoms with Gasteiger partial charge in [0.15, 0.2) is 0 Å². The van der Waals surface area contributed by atoms with E-state index in [0.717, 1.165) is 5.69 Å². The normalized spacial score (nSPS) is 21.0. The molecule has 0 radical (unpaired) electrons. The molecule has 7 heteroatoms. The Hall–Kier alpha value is -2.10. The maximum atomic E-state index is 10.9. The van der Waals surface area contributed by atoms with Gasteiger partial charge in [0.2, 0.25) is 0 Å². The van der Waals surface area contributed by atoms with Gasteiger partial charge in [-0.2, -0.15) is 5.26 Å². The van der Waals surface area contributed by atoms with Crippen molar-refractivity contribution in [2.75, 3.05) is 18.0 Å². The first-order valence-electron chi connectivity index (χ1n) is 7.52. The highest BCUT2D eigenvalue weighted by Crippen LogP contribution is 2.35. The van der Waals surface area contributed by atoms with Crippen molar-refractivity contribution in [1.29, 1.82) is 5.26 Å². The highest BCUT2D eigenvalue weighted by molar-refractivity contribution is 6.30. The zero-order valence-corrected chi connectivity index (χ0v) is 13.8. The van der Waals surface area contributed by atoms with Crippen molar-refractivity contribution < 1.29 is 5.11 Å². The van der Waals surface area contributed by atoms with Crippen LogP contribution < -0.4 is 4.90 Å². The summed E-state index contributed by atoms with van der Waals surface area (Å²) < 4.78 is 1.74. The lowest BCUT2D eigenvalue weighted by molar-refractivity contribution is 0.0559. The predicted molar refractivity (Wildman–Crippen MR) is 87.3 cm³/mol. The molecule has 1 aromatic heterocycles. The van der Waals surface area contributed by atoms with Gasteiger partial charge in [0.1, 0.15) is 17.4 Å². The fourth-order valence-electron chi connectivity index (χ4n) is 2.82. The summed E-state index contributed by atoms with van der Waals surface area (Å²) in [4.78, 5) is 1.99. The number of aromatic nitrogens is 3. The summed E-state index contributed by atoms with van der Waals surface area (Å²) in [5, 5.41) is 29.0. The molecule has 1 fully saturated rings. The monoisotopic (exact) mass is 331 g/mol. The molecule has 1 aromatic carbocycles. The van der Waals surface area contributed by atoms with Crippen LogP contribution in [0.15, 0.2) is 24.4 Å². The van der Waals surface area contributed by atoms with Crippen LogP contribution in [0.4, 0.5) is 5.69 Å². The quantitative estimate of drug-likeness (QED) is 0.934. The summed E-state index contributed by atoms with van der Waals surface area (Å²) in [5.41, 5.74) is 0.803. The van der Waals surface area contributed by atoms with E-state index < -0.39 is 5.60 Å². The largest absolute Gasteiger partial charge is 0.381 e. The number of halogens is 1. The van der Waals surface area contributed by atoms with Gasteiger partial charge in [-0.15, -0.1) is 5.10 Å². The first-order chi connectivity index (χ1) is 10.9. The van der Waals surface area contributed by atoms with Crippen LogP contribution in [0.25, 0.3) is 0 Å². The molecule has 2 heterocycles. The third kappa shape index (κ3) is 2.90. The molecule has 0 aliphatic carbocycles. The van der Waals surface area contributed by atoms with E-state index in [2.05, 4.69) is 16.4 Å². The number of β-amino-alcohol motifs (C(OH)–C–C–N with tert-alkyl or cyclic N) is 1.